The number of H-pyrrole nitrogens is 2. The SMILES string of the molecule is CC1CCN(c2nc3c(c(=O)[nH]2)CCN(C(=O)c2n[nH]c4c2CCC4)C3)CC1. The quantitative estimate of drug-likeness (QED) is 0.819. The molecular formula is C20H26N6O2. The van der Waals surface area contributed by atoms with E-state index in [0.29, 0.717) is 42.6 Å². The van der Waals surface area contributed by atoms with Crippen molar-refractivity contribution in [2.75, 3.05) is 24.5 Å². The maximum absolute atomic E-state index is 13.1. The van der Waals surface area contributed by atoms with Crippen LogP contribution in [0.15, 0.2) is 4.79 Å². The monoisotopic (exact) mass is 382 g/mol. The zero-order valence-corrected chi connectivity index (χ0v) is 16.3. The van der Waals surface area contributed by atoms with Gasteiger partial charge in [-0.15, -0.1) is 0 Å². The van der Waals surface area contributed by atoms with E-state index in [4.69, 9.17) is 4.98 Å². The molecule has 0 unspecified atom stereocenters. The number of nitrogens with zero attached hydrogens (tertiary/aromatic N) is 4. The van der Waals surface area contributed by atoms with Crippen LogP contribution in [0.25, 0.3) is 0 Å². The molecule has 0 aromatic carbocycles. The number of aryl methyl sites for hydroxylation is 1. The lowest BCUT2D eigenvalue weighted by molar-refractivity contribution is 0.0724. The number of carbonyl (C=O) groups is 1. The Labute approximate surface area is 163 Å². The molecule has 1 amide bonds. The fourth-order valence-electron chi connectivity index (χ4n) is 4.62. The second kappa shape index (κ2) is 6.76. The average molecular weight is 382 g/mol. The van der Waals surface area contributed by atoms with Crippen LogP contribution in [-0.4, -0.2) is 50.6 Å². The Hall–Kier alpha value is -2.64. The summed E-state index contributed by atoms with van der Waals surface area (Å²) in [4.78, 5) is 37.3. The third-order valence-electron chi connectivity index (χ3n) is 6.44. The molecule has 1 aliphatic carbocycles. The van der Waals surface area contributed by atoms with E-state index in [1.165, 1.54) is 0 Å². The van der Waals surface area contributed by atoms with Gasteiger partial charge in [0.05, 0.1) is 12.2 Å². The Morgan fingerprint density at radius 2 is 1.93 bits per heavy atom. The van der Waals surface area contributed by atoms with Gasteiger partial charge in [-0.05, 0) is 44.4 Å². The minimum absolute atomic E-state index is 0.0551. The molecule has 2 aromatic heterocycles. The van der Waals surface area contributed by atoms with Gasteiger partial charge in [-0.2, -0.15) is 5.10 Å². The van der Waals surface area contributed by atoms with E-state index in [1.54, 1.807) is 4.90 Å². The second-order valence-corrected chi connectivity index (χ2v) is 8.34. The number of aromatic nitrogens is 4. The van der Waals surface area contributed by atoms with Gasteiger partial charge in [0.25, 0.3) is 11.5 Å². The number of piperidine rings is 1. The third kappa shape index (κ3) is 2.91. The highest BCUT2D eigenvalue weighted by atomic mass is 16.2. The fourth-order valence-corrected chi connectivity index (χ4v) is 4.62. The first-order valence-electron chi connectivity index (χ1n) is 10.3. The number of fused-ring (bicyclic) bond motifs is 2. The second-order valence-electron chi connectivity index (χ2n) is 8.34. The lowest BCUT2D eigenvalue weighted by Crippen LogP contribution is -2.41. The van der Waals surface area contributed by atoms with Gasteiger partial charge in [-0.3, -0.25) is 19.7 Å². The maximum atomic E-state index is 13.1. The van der Waals surface area contributed by atoms with Gasteiger partial charge in [-0.25, -0.2) is 4.98 Å². The van der Waals surface area contributed by atoms with Crippen LogP contribution in [0.4, 0.5) is 5.95 Å². The summed E-state index contributed by atoms with van der Waals surface area (Å²) in [5.41, 5.74) is 4.08. The zero-order valence-electron chi connectivity index (χ0n) is 16.3. The molecular weight excluding hydrogens is 356 g/mol. The molecule has 0 atom stereocenters. The van der Waals surface area contributed by atoms with Gasteiger partial charge in [0.15, 0.2) is 5.69 Å². The Bertz CT molecular complexity index is 970. The molecule has 1 saturated heterocycles. The lowest BCUT2D eigenvalue weighted by Gasteiger charge is -2.32. The predicted molar refractivity (Wildman–Crippen MR) is 105 cm³/mol. The number of carbonyl (C=O) groups excluding carboxylic acids is 1. The summed E-state index contributed by atoms with van der Waals surface area (Å²) >= 11 is 0. The first-order chi connectivity index (χ1) is 13.6. The highest BCUT2D eigenvalue weighted by molar-refractivity contribution is 5.94. The molecule has 8 nitrogen and oxygen atoms in total. The average Bonchev–Trinajstić information content (AvgIpc) is 3.31. The number of aromatic amines is 2. The van der Waals surface area contributed by atoms with Crippen molar-refractivity contribution in [2.45, 2.75) is 52.0 Å². The Kier molecular flexibility index (Phi) is 4.21. The third-order valence-corrected chi connectivity index (χ3v) is 6.44. The molecule has 0 spiro atoms. The van der Waals surface area contributed by atoms with Crippen molar-refractivity contribution in [1.82, 2.24) is 25.1 Å². The van der Waals surface area contributed by atoms with E-state index in [2.05, 4.69) is 27.0 Å². The van der Waals surface area contributed by atoms with Gasteiger partial charge in [-0.1, -0.05) is 6.92 Å². The van der Waals surface area contributed by atoms with Gasteiger partial charge in [0, 0.05) is 36.5 Å². The van der Waals surface area contributed by atoms with Crippen molar-refractivity contribution in [3.63, 3.8) is 0 Å². The van der Waals surface area contributed by atoms with Gasteiger partial charge < -0.3 is 9.80 Å². The normalized spacial score (nSPS) is 19.6. The molecule has 0 bridgehead atoms. The van der Waals surface area contributed by atoms with Crippen molar-refractivity contribution in [3.05, 3.63) is 38.6 Å². The van der Waals surface area contributed by atoms with Crippen LogP contribution >= 0.6 is 0 Å². The summed E-state index contributed by atoms with van der Waals surface area (Å²) in [6.07, 6.45) is 5.69. The first-order valence-corrected chi connectivity index (χ1v) is 10.3. The Morgan fingerprint density at radius 1 is 1.11 bits per heavy atom. The van der Waals surface area contributed by atoms with Crippen molar-refractivity contribution in [1.29, 1.82) is 0 Å². The summed E-state index contributed by atoms with van der Waals surface area (Å²) < 4.78 is 0. The summed E-state index contributed by atoms with van der Waals surface area (Å²) in [6.45, 7) is 4.97. The first kappa shape index (κ1) is 17.5. The number of rotatable bonds is 2. The standard InChI is InChI=1S/C20H26N6O2/c1-12-5-8-25(9-6-12)20-21-16-11-26(10-7-14(16)18(27)22-20)19(28)17-13-3-2-4-15(13)23-24-17/h12H,2-11H2,1H3,(H,23,24)(H,21,22,27). The van der Waals surface area contributed by atoms with E-state index in [9.17, 15) is 9.59 Å². The topological polar surface area (TPSA) is 98.0 Å². The number of anilines is 1. The minimum Gasteiger partial charge on any atom is -0.342 e. The van der Waals surface area contributed by atoms with Crippen LogP contribution in [0, 0.1) is 5.92 Å². The van der Waals surface area contributed by atoms with Crippen molar-refractivity contribution in [2.24, 2.45) is 5.92 Å². The van der Waals surface area contributed by atoms with Crippen molar-refractivity contribution in [3.8, 4) is 0 Å². The zero-order chi connectivity index (χ0) is 19.3. The molecule has 2 aromatic rings. The number of nitrogens with one attached hydrogen (secondary N) is 2. The molecule has 1 fully saturated rings. The van der Waals surface area contributed by atoms with Crippen LogP contribution in [0.1, 0.15) is 59.2 Å². The van der Waals surface area contributed by atoms with Crippen LogP contribution in [0.3, 0.4) is 0 Å². The summed E-state index contributed by atoms with van der Waals surface area (Å²) in [5, 5.41) is 7.29. The predicted octanol–water partition coefficient (Wildman–Crippen LogP) is 1.42. The van der Waals surface area contributed by atoms with Crippen LogP contribution in [0.5, 0.6) is 0 Å². The highest BCUT2D eigenvalue weighted by Crippen LogP contribution is 2.26. The molecule has 8 heteroatoms. The van der Waals surface area contributed by atoms with E-state index >= 15 is 0 Å². The van der Waals surface area contributed by atoms with Crippen molar-refractivity contribution >= 4 is 11.9 Å². The van der Waals surface area contributed by atoms with Gasteiger partial charge >= 0.3 is 0 Å². The molecule has 5 rings (SSSR count). The molecule has 0 saturated carbocycles. The Balaban J connectivity index is 1.40. The fraction of sp³-hybridized carbons (Fsp3) is 0.600. The van der Waals surface area contributed by atoms with E-state index in [-0.39, 0.29) is 11.5 Å². The lowest BCUT2D eigenvalue weighted by atomic mass is 9.99. The van der Waals surface area contributed by atoms with Gasteiger partial charge in [0.1, 0.15) is 0 Å². The summed E-state index contributed by atoms with van der Waals surface area (Å²) in [6, 6.07) is 0. The maximum Gasteiger partial charge on any atom is 0.275 e. The van der Waals surface area contributed by atoms with Crippen LogP contribution < -0.4 is 10.5 Å². The van der Waals surface area contributed by atoms with Gasteiger partial charge in [0.2, 0.25) is 5.95 Å². The molecule has 28 heavy (non-hydrogen) atoms. The molecule has 0 radical (unpaired) electrons. The number of amides is 1. The number of hydrogen-bond acceptors (Lipinski definition) is 5. The highest BCUT2D eigenvalue weighted by Gasteiger charge is 2.30. The van der Waals surface area contributed by atoms with E-state index < -0.39 is 0 Å². The van der Waals surface area contributed by atoms with Crippen LogP contribution in [0.2, 0.25) is 0 Å². The molecule has 2 aliphatic heterocycles. The molecule has 3 aliphatic rings. The van der Waals surface area contributed by atoms with Crippen LogP contribution in [-0.2, 0) is 25.8 Å². The summed E-state index contributed by atoms with van der Waals surface area (Å²) in [5.74, 6) is 1.30. The summed E-state index contributed by atoms with van der Waals surface area (Å²) in [7, 11) is 0. The molecule has 2 N–H and O–H groups in total. The minimum atomic E-state index is -0.0635. The molecule has 148 valence electrons. The molecule has 4 heterocycles. The number of hydrogen-bond donors (Lipinski definition) is 2. The van der Waals surface area contributed by atoms with E-state index in [1.807, 2.05) is 0 Å². The van der Waals surface area contributed by atoms with Crippen molar-refractivity contribution < 1.29 is 4.79 Å². The Morgan fingerprint density at radius 3 is 2.75 bits per heavy atom. The largest absolute Gasteiger partial charge is 0.342 e. The smallest absolute Gasteiger partial charge is 0.275 e. The van der Waals surface area contributed by atoms with E-state index in [0.717, 1.165) is 62.1 Å².